The molecule has 1 amide bonds. The molecule has 98 valence electrons. The minimum absolute atomic E-state index is 0.194. The molecule has 0 aliphatic carbocycles. The van der Waals surface area contributed by atoms with E-state index in [0.29, 0.717) is 12.8 Å². The lowest BCUT2D eigenvalue weighted by Crippen LogP contribution is -2.38. The fourth-order valence-electron chi connectivity index (χ4n) is 2.69. The molecule has 1 aromatic carbocycles. The molecule has 1 aromatic rings. The predicted molar refractivity (Wildman–Crippen MR) is 72.8 cm³/mol. The van der Waals surface area contributed by atoms with E-state index in [-0.39, 0.29) is 5.41 Å². The van der Waals surface area contributed by atoms with E-state index in [0.717, 1.165) is 0 Å². The number of carbonyl (C=O) groups excluding carboxylic acids is 2. The highest BCUT2D eigenvalue weighted by molar-refractivity contribution is 6.23. The summed E-state index contributed by atoms with van der Waals surface area (Å²) in [6.45, 7) is 10.8. The van der Waals surface area contributed by atoms with Crippen molar-refractivity contribution in [3.05, 3.63) is 34.4 Å². The van der Waals surface area contributed by atoms with Crippen molar-refractivity contribution in [3.8, 4) is 0 Å². The molecule has 1 rings (SSSR count). The van der Waals surface area contributed by atoms with E-state index in [2.05, 4.69) is 52.1 Å². The van der Waals surface area contributed by atoms with Crippen LogP contribution in [0.3, 0.4) is 0 Å². The molecule has 0 aromatic heterocycles. The molecular formula is C15H21NO2. The SMILES string of the molecule is Cc1cc(C)c(C(C)(C)CNC(=O)C=O)c(C)c1. The van der Waals surface area contributed by atoms with Gasteiger partial charge in [0.2, 0.25) is 6.29 Å². The fourth-order valence-corrected chi connectivity index (χ4v) is 2.69. The highest BCUT2D eigenvalue weighted by atomic mass is 16.2. The quantitative estimate of drug-likeness (QED) is 0.655. The van der Waals surface area contributed by atoms with Gasteiger partial charge in [-0.2, -0.15) is 0 Å². The summed E-state index contributed by atoms with van der Waals surface area (Å²) in [4.78, 5) is 21.4. The van der Waals surface area contributed by atoms with Gasteiger partial charge in [-0.05, 0) is 37.5 Å². The number of amides is 1. The van der Waals surface area contributed by atoms with Gasteiger partial charge in [0.15, 0.2) is 0 Å². The van der Waals surface area contributed by atoms with Crippen LogP contribution in [0.2, 0.25) is 0 Å². The minimum atomic E-state index is -0.564. The highest BCUT2D eigenvalue weighted by Crippen LogP contribution is 2.29. The molecular weight excluding hydrogens is 226 g/mol. The van der Waals surface area contributed by atoms with Crippen LogP contribution in [0, 0.1) is 20.8 Å². The van der Waals surface area contributed by atoms with Crippen LogP contribution in [0.1, 0.15) is 36.1 Å². The van der Waals surface area contributed by atoms with Crippen molar-refractivity contribution >= 4 is 12.2 Å². The first kappa shape index (κ1) is 14.4. The average Bonchev–Trinajstić information content (AvgIpc) is 2.24. The largest absolute Gasteiger partial charge is 0.349 e. The number of carbonyl (C=O) groups is 2. The number of rotatable bonds is 4. The maximum atomic E-state index is 11.0. The van der Waals surface area contributed by atoms with Gasteiger partial charge >= 0.3 is 0 Å². The number of hydrogen-bond donors (Lipinski definition) is 1. The van der Waals surface area contributed by atoms with Crippen molar-refractivity contribution in [1.29, 1.82) is 0 Å². The standard InChI is InChI=1S/C15H21NO2/c1-10-6-11(2)14(12(3)7-10)15(4,5)9-16-13(18)8-17/h6-8H,9H2,1-5H3,(H,16,18). The maximum absolute atomic E-state index is 11.0. The predicted octanol–water partition coefficient (Wildman–Crippen LogP) is 2.20. The summed E-state index contributed by atoms with van der Waals surface area (Å²) in [5.74, 6) is -0.564. The lowest BCUT2D eigenvalue weighted by atomic mass is 9.79. The molecule has 0 fully saturated rings. The van der Waals surface area contributed by atoms with Crippen LogP contribution in [0.5, 0.6) is 0 Å². The van der Waals surface area contributed by atoms with Crippen LogP contribution in [0.15, 0.2) is 12.1 Å². The zero-order chi connectivity index (χ0) is 13.9. The van der Waals surface area contributed by atoms with E-state index in [1.54, 1.807) is 0 Å². The molecule has 0 spiro atoms. The second kappa shape index (κ2) is 5.34. The van der Waals surface area contributed by atoms with Gasteiger partial charge in [0.1, 0.15) is 0 Å². The molecule has 0 aliphatic heterocycles. The van der Waals surface area contributed by atoms with Crippen LogP contribution < -0.4 is 5.32 Å². The summed E-state index contributed by atoms with van der Waals surface area (Å²) < 4.78 is 0. The molecule has 0 heterocycles. The molecule has 3 heteroatoms. The van der Waals surface area contributed by atoms with E-state index < -0.39 is 5.91 Å². The van der Waals surface area contributed by atoms with Gasteiger partial charge in [-0.15, -0.1) is 0 Å². The summed E-state index contributed by atoms with van der Waals surface area (Å²) in [5, 5.41) is 2.63. The summed E-state index contributed by atoms with van der Waals surface area (Å²) in [6, 6.07) is 4.29. The van der Waals surface area contributed by atoms with E-state index in [4.69, 9.17) is 0 Å². The second-order valence-electron chi connectivity index (χ2n) is 5.49. The Morgan fingerprint density at radius 2 is 1.72 bits per heavy atom. The normalized spacial score (nSPS) is 11.2. The molecule has 1 N–H and O–H groups in total. The molecule has 0 aliphatic rings. The van der Waals surface area contributed by atoms with Crippen molar-refractivity contribution in [2.45, 2.75) is 40.0 Å². The van der Waals surface area contributed by atoms with Crippen LogP contribution in [-0.4, -0.2) is 18.7 Å². The average molecular weight is 247 g/mol. The Bertz CT molecular complexity index is 452. The van der Waals surface area contributed by atoms with Gasteiger partial charge in [0.05, 0.1) is 0 Å². The number of aryl methyl sites for hydroxylation is 3. The van der Waals surface area contributed by atoms with E-state index in [1.165, 1.54) is 22.3 Å². The summed E-state index contributed by atoms with van der Waals surface area (Å²) in [6.07, 6.45) is 0.310. The summed E-state index contributed by atoms with van der Waals surface area (Å²) in [5.41, 5.74) is 4.72. The molecule has 0 bridgehead atoms. The third-order valence-corrected chi connectivity index (χ3v) is 3.17. The first-order valence-corrected chi connectivity index (χ1v) is 6.09. The monoisotopic (exact) mass is 247 g/mol. The van der Waals surface area contributed by atoms with Crippen LogP contribution in [0.25, 0.3) is 0 Å². The van der Waals surface area contributed by atoms with E-state index in [1.807, 2.05) is 0 Å². The Kier molecular flexibility index (Phi) is 4.28. The third kappa shape index (κ3) is 3.19. The Labute approximate surface area is 109 Å². The zero-order valence-electron chi connectivity index (χ0n) is 11.8. The smallest absolute Gasteiger partial charge is 0.284 e. The number of benzene rings is 1. The number of nitrogens with one attached hydrogen (secondary N) is 1. The molecule has 0 unspecified atom stereocenters. The van der Waals surface area contributed by atoms with Crippen LogP contribution in [-0.2, 0) is 15.0 Å². The van der Waals surface area contributed by atoms with Crippen molar-refractivity contribution in [3.63, 3.8) is 0 Å². The molecule has 0 radical (unpaired) electrons. The van der Waals surface area contributed by atoms with Gasteiger partial charge < -0.3 is 5.32 Å². The summed E-state index contributed by atoms with van der Waals surface area (Å²) >= 11 is 0. The molecule has 18 heavy (non-hydrogen) atoms. The van der Waals surface area contributed by atoms with E-state index >= 15 is 0 Å². The maximum Gasteiger partial charge on any atom is 0.284 e. The van der Waals surface area contributed by atoms with Crippen molar-refractivity contribution in [2.75, 3.05) is 6.54 Å². The topological polar surface area (TPSA) is 46.2 Å². The molecule has 3 nitrogen and oxygen atoms in total. The van der Waals surface area contributed by atoms with Gasteiger partial charge in [0, 0.05) is 12.0 Å². The Hall–Kier alpha value is -1.64. The Morgan fingerprint density at radius 1 is 1.22 bits per heavy atom. The number of hydrogen-bond acceptors (Lipinski definition) is 2. The van der Waals surface area contributed by atoms with Crippen LogP contribution >= 0.6 is 0 Å². The molecule has 0 saturated carbocycles. The lowest BCUT2D eigenvalue weighted by molar-refractivity contribution is -0.131. The number of aldehydes is 1. The Morgan fingerprint density at radius 3 is 2.17 bits per heavy atom. The first-order valence-electron chi connectivity index (χ1n) is 6.09. The summed E-state index contributed by atoms with van der Waals surface area (Å²) in [7, 11) is 0. The van der Waals surface area contributed by atoms with E-state index in [9.17, 15) is 9.59 Å². The van der Waals surface area contributed by atoms with Gasteiger partial charge in [-0.1, -0.05) is 31.5 Å². The second-order valence-corrected chi connectivity index (χ2v) is 5.49. The van der Waals surface area contributed by atoms with Gasteiger partial charge in [-0.25, -0.2) is 0 Å². The highest BCUT2D eigenvalue weighted by Gasteiger charge is 2.25. The van der Waals surface area contributed by atoms with Gasteiger partial charge in [0.25, 0.3) is 5.91 Å². The van der Waals surface area contributed by atoms with Crippen molar-refractivity contribution < 1.29 is 9.59 Å². The van der Waals surface area contributed by atoms with Crippen molar-refractivity contribution in [1.82, 2.24) is 5.32 Å². The lowest BCUT2D eigenvalue weighted by Gasteiger charge is -2.29. The fraction of sp³-hybridized carbons (Fsp3) is 0.467. The third-order valence-electron chi connectivity index (χ3n) is 3.17. The van der Waals surface area contributed by atoms with Crippen LogP contribution in [0.4, 0.5) is 0 Å². The first-order chi connectivity index (χ1) is 8.27. The van der Waals surface area contributed by atoms with Gasteiger partial charge in [-0.3, -0.25) is 9.59 Å². The molecule has 0 saturated heterocycles. The molecule has 0 atom stereocenters. The van der Waals surface area contributed by atoms with Crippen molar-refractivity contribution in [2.24, 2.45) is 0 Å². The zero-order valence-corrected chi connectivity index (χ0v) is 11.8. The minimum Gasteiger partial charge on any atom is -0.349 e. The Balaban J connectivity index is 3.04.